The fraction of sp³-hybridized carbons (Fsp3) is 0.533. The molecule has 0 aromatic carbocycles. The van der Waals surface area contributed by atoms with Crippen LogP contribution in [0.2, 0.25) is 0 Å². The molecule has 138 valence electrons. The Kier molecular flexibility index (Phi) is 6.17. The molecular weight excluding hydrogens is 370 g/mol. The second-order valence-electron chi connectivity index (χ2n) is 5.71. The molecule has 4 N–H and O–H groups in total. The van der Waals surface area contributed by atoms with E-state index in [4.69, 9.17) is 5.73 Å². The molecule has 0 radical (unpaired) electrons. The number of aromatic amines is 1. The van der Waals surface area contributed by atoms with Gasteiger partial charge in [-0.15, -0.1) is 23.1 Å². The average Bonchev–Trinajstić information content (AvgIpc) is 2.85. The molecular formula is C15H20F2N4O2S2. The monoisotopic (exact) mass is 390 g/mol. The van der Waals surface area contributed by atoms with E-state index in [-0.39, 0.29) is 5.56 Å². The van der Waals surface area contributed by atoms with Crippen LogP contribution in [-0.4, -0.2) is 40.1 Å². The molecule has 2 rings (SSSR count). The first-order valence-corrected chi connectivity index (χ1v) is 9.47. The van der Waals surface area contributed by atoms with Crippen LogP contribution in [0.3, 0.4) is 0 Å². The third kappa shape index (κ3) is 4.77. The van der Waals surface area contributed by atoms with Crippen LogP contribution in [0.4, 0.5) is 8.78 Å². The summed E-state index contributed by atoms with van der Waals surface area (Å²) in [4.78, 5) is 32.9. The number of nitrogens with one attached hydrogen (secondary N) is 2. The normalized spacial score (nSPS) is 13.2. The van der Waals surface area contributed by atoms with Gasteiger partial charge >= 0.3 is 0 Å². The van der Waals surface area contributed by atoms with Gasteiger partial charge in [-0.25, -0.2) is 13.8 Å². The summed E-state index contributed by atoms with van der Waals surface area (Å²) in [6.07, 6.45) is 0. The number of fused-ring (bicyclic) bond motifs is 1. The Hall–Kier alpha value is -1.52. The van der Waals surface area contributed by atoms with Crippen molar-refractivity contribution >= 4 is 39.2 Å². The van der Waals surface area contributed by atoms with Crippen molar-refractivity contribution in [1.29, 1.82) is 0 Å². The highest BCUT2D eigenvalue weighted by Gasteiger charge is 2.28. The summed E-state index contributed by atoms with van der Waals surface area (Å²) >= 11 is 2.65. The predicted octanol–water partition coefficient (Wildman–Crippen LogP) is 1.93. The van der Waals surface area contributed by atoms with Gasteiger partial charge in [0.1, 0.15) is 10.7 Å². The molecule has 2 aromatic rings. The third-order valence-corrected chi connectivity index (χ3v) is 6.00. The first-order valence-electron chi connectivity index (χ1n) is 7.60. The van der Waals surface area contributed by atoms with Gasteiger partial charge in [0.15, 0.2) is 0 Å². The number of thiophene rings is 1. The van der Waals surface area contributed by atoms with E-state index in [0.717, 1.165) is 10.4 Å². The Morgan fingerprint density at radius 3 is 2.80 bits per heavy atom. The number of hydrogen-bond donors (Lipinski definition) is 3. The van der Waals surface area contributed by atoms with Crippen molar-refractivity contribution in [3.8, 4) is 0 Å². The zero-order chi connectivity index (χ0) is 18.8. The Bertz CT molecular complexity index is 835. The molecule has 1 atom stereocenters. The minimum absolute atomic E-state index is 0.206. The molecule has 6 nitrogen and oxygen atoms in total. The van der Waals surface area contributed by atoms with Crippen LogP contribution in [0.1, 0.15) is 23.2 Å². The molecule has 0 fully saturated rings. The van der Waals surface area contributed by atoms with Crippen LogP contribution in [-0.2, 0) is 10.5 Å². The number of hydrogen-bond acceptors (Lipinski definition) is 6. The van der Waals surface area contributed by atoms with E-state index in [1.807, 2.05) is 13.8 Å². The van der Waals surface area contributed by atoms with E-state index in [1.54, 1.807) is 6.92 Å². The fourth-order valence-electron chi connectivity index (χ4n) is 2.08. The summed E-state index contributed by atoms with van der Waals surface area (Å²) in [5, 5.41) is 2.20. The van der Waals surface area contributed by atoms with Crippen LogP contribution in [0, 0.1) is 13.8 Å². The van der Waals surface area contributed by atoms with Crippen molar-refractivity contribution in [3.63, 3.8) is 0 Å². The summed E-state index contributed by atoms with van der Waals surface area (Å²) < 4.78 is 26.1. The SMILES string of the molecule is Cc1sc2nc(CSC(C)C(=O)NCC(F)(F)CN)[nH]c(=O)c2c1C. The van der Waals surface area contributed by atoms with Gasteiger partial charge in [-0.3, -0.25) is 9.59 Å². The molecule has 10 heteroatoms. The van der Waals surface area contributed by atoms with Gasteiger partial charge in [0.05, 0.1) is 29.5 Å². The third-order valence-electron chi connectivity index (χ3n) is 3.75. The van der Waals surface area contributed by atoms with E-state index in [0.29, 0.717) is 21.8 Å². The standard InChI is InChI=1S/C15H20F2N4O2S2/c1-7-8(2)25-14-11(7)13(23)20-10(21-14)4-24-9(3)12(22)19-6-15(16,17)5-18/h9H,4-6,18H2,1-3H3,(H,19,22)(H,20,21,23). The van der Waals surface area contributed by atoms with Gasteiger partial charge in [0.2, 0.25) is 5.91 Å². The molecule has 0 aliphatic rings. The molecule has 0 saturated carbocycles. The van der Waals surface area contributed by atoms with Crippen molar-refractivity contribution in [2.75, 3.05) is 13.1 Å². The van der Waals surface area contributed by atoms with Crippen molar-refractivity contribution in [3.05, 3.63) is 26.6 Å². The largest absolute Gasteiger partial charge is 0.349 e. The van der Waals surface area contributed by atoms with Crippen molar-refractivity contribution in [2.45, 2.75) is 37.7 Å². The maximum absolute atomic E-state index is 13.1. The maximum Gasteiger partial charge on any atom is 0.277 e. The lowest BCUT2D eigenvalue weighted by molar-refractivity contribution is -0.122. The Morgan fingerprint density at radius 2 is 2.16 bits per heavy atom. The topological polar surface area (TPSA) is 101 Å². The van der Waals surface area contributed by atoms with Gasteiger partial charge in [0.25, 0.3) is 11.5 Å². The number of rotatable bonds is 7. The zero-order valence-corrected chi connectivity index (χ0v) is 15.7. The number of aryl methyl sites for hydroxylation is 2. The van der Waals surface area contributed by atoms with Crippen molar-refractivity contribution in [2.24, 2.45) is 5.73 Å². The first kappa shape index (κ1) is 19.8. The van der Waals surface area contributed by atoms with Crippen LogP contribution >= 0.6 is 23.1 Å². The highest BCUT2D eigenvalue weighted by molar-refractivity contribution is 7.99. The smallest absolute Gasteiger partial charge is 0.277 e. The van der Waals surface area contributed by atoms with E-state index in [9.17, 15) is 18.4 Å². The number of alkyl halides is 2. The molecule has 25 heavy (non-hydrogen) atoms. The first-order chi connectivity index (χ1) is 11.6. The number of nitrogens with zero attached hydrogens (tertiary/aromatic N) is 1. The molecule has 1 unspecified atom stereocenters. The number of carbonyl (C=O) groups excluding carboxylic acids is 1. The minimum atomic E-state index is -3.12. The van der Waals surface area contributed by atoms with Crippen molar-refractivity contribution in [1.82, 2.24) is 15.3 Å². The van der Waals surface area contributed by atoms with E-state index < -0.39 is 30.2 Å². The second-order valence-corrected chi connectivity index (χ2v) is 8.24. The Labute approximate surface area is 151 Å². The summed E-state index contributed by atoms with van der Waals surface area (Å²) in [5.41, 5.74) is 5.64. The summed E-state index contributed by atoms with van der Waals surface area (Å²) in [6, 6.07) is 0. The molecule has 0 saturated heterocycles. The highest BCUT2D eigenvalue weighted by Crippen LogP contribution is 2.26. The predicted molar refractivity (Wildman–Crippen MR) is 97.5 cm³/mol. The van der Waals surface area contributed by atoms with Crippen LogP contribution < -0.4 is 16.6 Å². The van der Waals surface area contributed by atoms with Gasteiger partial charge < -0.3 is 16.0 Å². The second kappa shape index (κ2) is 7.79. The quantitative estimate of drug-likeness (QED) is 0.671. The molecule has 0 aliphatic carbocycles. The summed E-state index contributed by atoms with van der Waals surface area (Å²) in [5.74, 6) is -2.88. The van der Waals surface area contributed by atoms with Crippen molar-refractivity contribution < 1.29 is 13.6 Å². The molecule has 0 aliphatic heterocycles. The average molecular weight is 390 g/mol. The molecule has 2 heterocycles. The number of thioether (sulfide) groups is 1. The van der Waals surface area contributed by atoms with Gasteiger partial charge in [-0.1, -0.05) is 0 Å². The van der Waals surface area contributed by atoms with Gasteiger partial charge in [-0.2, -0.15) is 0 Å². The number of aromatic nitrogens is 2. The molecule has 2 aromatic heterocycles. The summed E-state index contributed by atoms with van der Waals surface area (Å²) in [6.45, 7) is 3.81. The lowest BCUT2D eigenvalue weighted by Crippen LogP contribution is -2.43. The Morgan fingerprint density at radius 1 is 1.48 bits per heavy atom. The highest BCUT2D eigenvalue weighted by atomic mass is 32.2. The van der Waals surface area contributed by atoms with Crippen LogP contribution in [0.15, 0.2) is 4.79 Å². The lowest BCUT2D eigenvalue weighted by Gasteiger charge is -2.16. The van der Waals surface area contributed by atoms with E-state index in [1.165, 1.54) is 23.1 Å². The molecule has 0 bridgehead atoms. The molecule has 1 amide bonds. The number of amides is 1. The fourth-order valence-corrected chi connectivity index (χ4v) is 3.91. The minimum Gasteiger partial charge on any atom is -0.349 e. The van der Waals surface area contributed by atoms with Crippen LogP contribution in [0.5, 0.6) is 0 Å². The number of nitrogens with two attached hydrogens (primary N) is 1. The lowest BCUT2D eigenvalue weighted by atomic mass is 10.2. The number of carbonyl (C=O) groups is 1. The van der Waals surface area contributed by atoms with Gasteiger partial charge in [-0.05, 0) is 26.3 Å². The van der Waals surface area contributed by atoms with E-state index in [2.05, 4.69) is 15.3 Å². The van der Waals surface area contributed by atoms with E-state index >= 15 is 0 Å². The van der Waals surface area contributed by atoms with Gasteiger partial charge in [0, 0.05) is 4.88 Å². The summed E-state index contributed by atoms with van der Waals surface area (Å²) in [7, 11) is 0. The zero-order valence-electron chi connectivity index (χ0n) is 14.1. The van der Waals surface area contributed by atoms with Crippen LogP contribution in [0.25, 0.3) is 10.2 Å². The molecule has 0 spiro atoms. The maximum atomic E-state index is 13.1. The number of H-pyrrole nitrogens is 1. The Balaban J connectivity index is 2.00. The number of halogens is 2.